The predicted molar refractivity (Wildman–Crippen MR) is 126 cm³/mol. The van der Waals surface area contributed by atoms with Gasteiger partial charge in [-0.25, -0.2) is 0 Å². The minimum absolute atomic E-state index is 0.0471. The van der Waals surface area contributed by atoms with Crippen LogP contribution in [0.15, 0.2) is 53.4 Å². The van der Waals surface area contributed by atoms with Crippen molar-refractivity contribution in [2.75, 3.05) is 47.9 Å². The molecule has 0 saturated carbocycles. The fourth-order valence-corrected chi connectivity index (χ4v) is 5.97. The maximum atomic E-state index is 12.8. The zero-order valence-electron chi connectivity index (χ0n) is 17.0. The van der Waals surface area contributed by atoms with Gasteiger partial charge in [-0.3, -0.25) is 9.69 Å². The maximum absolute atomic E-state index is 12.8. The van der Waals surface area contributed by atoms with Gasteiger partial charge in [-0.2, -0.15) is 11.8 Å². The molecule has 154 valence electrons. The fraction of sp³-hybridized carbons (Fsp3) is 0.435. The van der Waals surface area contributed by atoms with Crippen LogP contribution in [0.5, 0.6) is 0 Å². The number of amides is 1. The monoisotopic (exact) mass is 427 g/mol. The molecule has 2 aromatic carbocycles. The van der Waals surface area contributed by atoms with Crippen molar-refractivity contribution in [2.24, 2.45) is 0 Å². The van der Waals surface area contributed by atoms with Gasteiger partial charge in [0.25, 0.3) is 0 Å². The van der Waals surface area contributed by atoms with Crippen LogP contribution in [0.25, 0.3) is 0 Å². The van der Waals surface area contributed by atoms with E-state index >= 15 is 0 Å². The molecule has 2 aliphatic heterocycles. The van der Waals surface area contributed by atoms with Gasteiger partial charge in [0.1, 0.15) is 0 Å². The molecule has 6 heteroatoms. The Bertz CT molecular complexity index is 838. The molecule has 1 N–H and O–H groups in total. The standard InChI is InChI=1S/C23H29N3OS2/c1-18-9-10-26(21-7-2-3-8-22(21)29-18)17-23(27)24-20-6-4-5-19(15-20)16-25-11-13-28-14-12-25/h2-8,15,18H,9-14,16-17H2,1H3,(H,24,27). The molecule has 1 atom stereocenters. The van der Waals surface area contributed by atoms with E-state index in [1.165, 1.54) is 27.7 Å². The van der Waals surface area contributed by atoms with Gasteiger partial charge in [0, 0.05) is 53.5 Å². The molecule has 0 aromatic heterocycles. The Morgan fingerprint density at radius 3 is 2.79 bits per heavy atom. The Balaban J connectivity index is 1.39. The number of carbonyl (C=O) groups is 1. The van der Waals surface area contributed by atoms with E-state index in [4.69, 9.17) is 0 Å². The number of hydrogen-bond acceptors (Lipinski definition) is 5. The zero-order chi connectivity index (χ0) is 20.1. The number of nitrogens with zero attached hydrogens (tertiary/aromatic N) is 2. The minimum Gasteiger partial charge on any atom is -0.361 e. The normalized spacial score (nSPS) is 20.0. The van der Waals surface area contributed by atoms with Crippen molar-refractivity contribution in [3.05, 3.63) is 54.1 Å². The summed E-state index contributed by atoms with van der Waals surface area (Å²) >= 11 is 3.94. The number of hydrogen-bond donors (Lipinski definition) is 1. The van der Waals surface area contributed by atoms with Crippen molar-refractivity contribution in [2.45, 2.75) is 30.0 Å². The van der Waals surface area contributed by atoms with E-state index in [0.29, 0.717) is 11.8 Å². The molecule has 2 aromatic rings. The Morgan fingerprint density at radius 2 is 1.93 bits per heavy atom. The lowest BCUT2D eigenvalue weighted by Crippen LogP contribution is -2.34. The topological polar surface area (TPSA) is 35.6 Å². The first-order chi connectivity index (χ1) is 14.2. The van der Waals surface area contributed by atoms with Crippen LogP contribution in [0.1, 0.15) is 18.9 Å². The average molecular weight is 428 g/mol. The van der Waals surface area contributed by atoms with Gasteiger partial charge < -0.3 is 10.2 Å². The van der Waals surface area contributed by atoms with Crippen molar-refractivity contribution >= 4 is 40.8 Å². The summed E-state index contributed by atoms with van der Waals surface area (Å²) in [5, 5.41) is 3.68. The van der Waals surface area contributed by atoms with Crippen LogP contribution < -0.4 is 10.2 Å². The van der Waals surface area contributed by atoms with Crippen LogP contribution in [0.4, 0.5) is 11.4 Å². The van der Waals surface area contributed by atoms with Crippen LogP contribution >= 0.6 is 23.5 Å². The molecule has 0 bridgehead atoms. The van der Waals surface area contributed by atoms with Crippen molar-refractivity contribution in [1.82, 2.24) is 4.90 Å². The lowest BCUT2D eigenvalue weighted by molar-refractivity contribution is -0.115. The molecule has 29 heavy (non-hydrogen) atoms. The first kappa shape index (κ1) is 20.6. The largest absolute Gasteiger partial charge is 0.361 e. The fourth-order valence-electron chi connectivity index (χ4n) is 3.85. The number of rotatable bonds is 5. The summed E-state index contributed by atoms with van der Waals surface area (Å²) < 4.78 is 0. The summed E-state index contributed by atoms with van der Waals surface area (Å²) in [5.74, 6) is 2.47. The van der Waals surface area contributed by atoms with Crippen molar-refractivity contribution in [1.29, 1.82) is 0 Å². The quantitative estimate of drug-likeness (QED) is 0.757. The van der Waals surface area contributed by atoms with Crippen LogP contribution in [0.3, 0.4) is 0 Å². The Morgan fingerprint density at radius 1 is 1.10 bits per heavy atom. The maximum Gasteiger partial charge on any atom is 0.243 e. The number of para-hydroxylation sites is 1. The summed E-state index contributed by atoms with van der Waals surface area (Å²) in [4.78, 5) is 18.8. The first-order valence-electron chi connectivity index (χ1n) is 10.4. The molecule has 1 saturated heterocycles. The molecule has 1 amide bonds. The highest BCUT2D eigenvalue weighted by atomic mass is 32.2. The van der Waals surface area contributed by atoms with E-state index in [0.717, 1.165) is 38.3 Å². The second-order valence-electron chi connectivity index (χ2n) is 7.74. The Kier molecular flexibility index (Phi) is 7.06. The van der Waals surface area contributed by atoms with Crippen LogP contribution in [0, 0.1) is 0 Å². The SMILES string of the molecule is CC1CCN(CC(=O)Nc2cccc(CN3CCSCC3)c2)c2ccccc2S1. The molecule has 1 unspecified atom stereocenters. The number of nitrogens with one attached hydrogen (secondary N) is 1. The molecule has 4 nitrogen and oxygen atoms in total. The van der Waals surface area contributed by atoms with Crippen LogP contribution in [-0.4, -0.2) is 53.7 Å². The number of fused-ring (bicyclic) bond motifs is 1. The van der Waals surface area contributed by atoms with Gasteiger partial charge in [0.15, 0.2) is 0 Å². The molecule has 4 rings (SSSR count). The van der Waals surface area contributed by atoms with E-state index in [9.17, 15) is 4.79 Å². The Hall–Kier alpha value is -1.63. The molecule has 1 fully saturated rings. The average Bonchev–Trinajstić information content (AvgIpc) is 2.88. The minimum atomic E-state index is 0.0471. The highest BCUT2D eigenvalue weighted by molar-refractivity contribution is 8.00. The van der Waals surface area contributed by atoms with Gasteiger partial charge in [0.05, 0.1) is 12.2 Å². The summed E-state index contributed by atoms with van der Waals surface area (Å²) in [6.45, 7) is 6.80. The second-order valence-corrected chi connectivity index (χ2v) is 10.4. The Labute approximate surface area is 182 Å². The van der Waals surface area contributed by atoms with Crippen molar-refractivity contribution < 1.29 is 4.79 Å². The third kappa shape index (κ3) is 5.71. The molecule has 0 spiro atoms. The lowest BCUT2D eigenvalue weighted by Gasteiger charge is -2.26. The highest BCUT2D eigenvalue weighted by Gasteiger charge is 2.21. The summed E-state index contributed by atoms with van der Waals surface area (Å²) in [5.41, 5.74) is 3.33. The van der Waals surface area contributed by atoms with Gasteiger partial charge >= 0.3 is 0 Å². The molecule has 2 aliphatic rings. The zero-order valence-corrected chi connectivity index (χ0v) is 18.6. The summed E-state index contributed by atoms with van der Waals surface area (Å²) in [6, 6.07) is 16.7. The lowest BCUT2D eigenvalue weighted by atomic mass is 10.2. The van der Waals surface area contributed by atoms with E-state index in [-0.39, 0.29) is 5.91 Å². The van der Waals surface area contributed by atoms with Gasteiger partial charge in [-0.1, -0.05) is 31.2 Å². The van der Waals surface area contributed by atoms with E-state index < -0.39 is 0 Å². The molecule has 0 aliphatic carbocycles. The van der Waals surface area contributed by atoms with Gasteiger partial charge in [0.2, 0.25) is 5.91 Å². The number of thioether (sulfide) groups is 2. The van der Waals surface area contributed by atoms with E-state index in [2.05, 4.69) is 58.4 Å². The third-order valence-electron chi connectivity index (χ3n) is 5.39. The predicted octanol–water partition coefficient (Wildman–Crippen LogP) is 4.56. The van der Waals surface area contributed by atoms with Crippen LogP contribution in [0.2, 0.25) is 0 Å². The van der Waals surface area contributed by atoms with Gasteiger partial charge in [-0.05, 0) is 36.2 Å². The molecular formula is C23H29N3OS2. The third-order valence-corrected chi connectivity index (χ3v) is 7.57. The van der Waals surface area contributed by atoms with E-state index in [1.807, 2.05) is 35.7 Å². The second kappa shape index (κ2) is 9.92. The van der Waals surface area contributed by atoms with Gasteiger partial charge in [-0.15, -0.1) is 11.8 Å². The smallest absolute Gasteiger partial charge is 0.243 e. The van der Waals surface area contributed by atoms with E-state index in [1.54, 1.807) is 0 Å². The highest BCUT2D eigenvalue weighted by Crippen LogP contribution is 2.37. The van der Waals surface area contributed by atoms with Crippen LogP contribution in [-0.2, 0) is 11.3 Å². The molecular weight excluding hydrogens is 398 g/mol. The summed E-state index contributed by atoms with van der Waals surface area (Å²) in [7, 11) is 0. The first-order valence-corrected chi connectivity index (χ1v) is 12.4. The summed E-state index contributed by atoms with van der Waals surface area (Å²) in [6.07, 6.45) is 1.08. The number of benzene rings is 2. The molecule has 2 heterocycles. The number of anilines is 2. The van der Waals surface area contributed by atoms with Crippen molar-refractivity contribution in [3.8, 4) is 0 Å². The number of carbonyl (C=O) groups excluding carboxylic acids is 1. The molecule has 0 radical (unpaired) electrons. The van der Waals surface area contributed by atoms with Crippen molar-refractivity contribution in [3.63, 3.8) is 0 Å².